The largest absolute Gasteiger partial charge is 0.459 e. The number of carbonyl (C=O) groups is 1. The van der Waals surface area contributed by atoms with Crippen molar-refractivity contribution in [2.24, 2.45) is 5.41 Å². The quantitative estimate of drug-likeness (QED) is 0.356. The minimum Gasteiger partial charge on any atom is -0.459 e. The molecule has 0 saturated carbocycles. The predicted octanol–water partition coefficient (Wildman–Crippen LogP) is 3.38. The van der Waals surface area contributed by atoms with E-state index in [-0.39, 0.29) is 13.2 Å². The summed E-state index contributed by atoms with van der Waals surface area (Å²) in [5, 5.41) is 10.2. The molecule has 0 bridgehead atoms. The molecule has 1 atom stereocenters. The molecule has 0 saturated heterocycles. The molecule has 0 aliphatic rings. The number of carbonyl (C=O) groups excluding carboxylic acids is 1. The Morgan fingerprint density at radius 1 is 1.26 bits per heavy atom. The van der Waals surface area contributed by atoms with Crippen molar-refractivity contribution in [3.8, 4) is 0 Å². The van der Waals surface area contributed by atoms with Crippen LogP contribution in [0.2, 0.25) is 0 Å². The number of benzene rings is 1. The van der Waals surface area contributed by atoms with Gasteiger partial charge in [-0.25, -0.2) is 4.79 Å². The molecule has 7 heteroatoms. The van der Waals surface area contributed by atoms with Gasteiger partial charge in [-0.15, -0.1) is 0 Å². The molecule has 0 spiro atoms. The van der Waals surface area contributed by atoms with Crippen LogP contribution in [-0.4, -0.2) is 39.8 Å². The summed E-state index contributed by atoms with van der Waals surface area (Å²) in [5.74, 6) is 0.760. The molecular weight excluding hydrogens is 336 g/mol. The molecular formula is C16H24O5S2. The van der Waals surface area contributed by atoms with Crippen LogP contribution < -0.4 is 0 Å². The fourth-order valence-corrected chi connectivity index (χ4v) is 2.86. The van der Waals surface area contributed by atoms with Crippen LogP contribution in [0, 0.1) is 5.41 Å². The summed E-state index contributed by atoms with van der Waals surface area (Å²) in [5.41, 5.74) is 0.131. The predicted molar refractivity (Wildman–Crippen MR) is 94.1 cm³/mol. The fourth-order valence-electron chi connectivity index (χ4n) is 1.64. The highest BCUT2D eigenvalue weighted by atomic mass is 32.2. The summed E-state index contributed by atoms with van der Waals surface area (Å²) in [7, 11) is 0. The molecule has 130 valence electrons. The lowest BCUT2D eigenvalue weighted by atomic mass is 9.88. The van der Waals surface area contributed by atoms with Crippen LogP contribution in [0.15, 0.2) is 30.3 Å². The molecule has 1 aromatic carbocycles. The summed E-state index contributed by atoms with van der Waals surface area (Å²) in [4.78, 5) is 12.0. The summed E-state index contributed by atoms with van der Waals surface area (Å²) in [6.07, 6.45) is -0.423. The maximum absolute atomic E-state index is 12.0. The average Bonchev–Trinajstić information content (AvgIpc) is 2.56. The lowest BCUT2D eigenvalue weighted by molar-refractivity contribution is -0.162. The van der Waals surface area contributed by atoms with Crippen LogP contribution in [0.4, 0.5) is 0 Å². The molecule has 1 rings (SSSR count). The van der Waals surface area contributed by atoms with Gasteiger partial charge in [-0.1, -0.05) is 44.2 Å². The first-order chi connectivity index (χ1) is 11.0. The third-order valence-electron chi connectivity index (χ3n) is 3.16. The molecule has 0 aliphatic heterocycles. The van der Waals surface area contributed by atoms with E-state index >= 15 is 0 Å². The highest BCUT2D eigenvalue weighted by molar-refractivity contribution is 7.95. The average molecular weight is 360 g/mol. The van der Waals surface area contributed by atoms with E-state index in [1.807, 2.05) is 30.3 Å². The molecule has 23 heavy (non-hydrogen) atoms. The minimum absolute atomic E-state index is 0.140. The Balaban J connectivity index is 2.31. The fraction of sp³-hybridized carbons (Fsp3) is 0.562. The van der Waals surface area contributed by atoms with Gasteiger partial charge < -0.3 is 18.6 Å². The van der Waals surface area contributed by atoms with Crippen LogP contribution in [0.25, 0.3) is 0 Å². The van der Waals surface area contributed by atoms with E-state index in [0.29, 0.717) is 5.75 Å². The van der Waals surface area contributed by atoms with Crippen molar-refractivity contribution in [2.75, 3.05) is 18.1 Å². The number of rotatable bonds is 11. The zero-order chi connectivity index (χ0) is 17.1. The summed E-state index contributed by atoms with van der Waals surface area (Å²) < 4.78 is 19.2. The molecule has 1 aromatic rings. The van der Waals surface area contributed by atoms with Crippen molar-refractivity contribution in [3.63, 3.8) is 0 Å². The van der Waals surface area contributed by atoms with Gasteiger partial charge >= 0.3 is 5.97 Å². The van der Waals surface area contributed by atoms with Gasteiger partial charge in [0.15, 0.2) is 6.10 Å². The summed E-state index contributed by atoms with van der Waals surface area (Å²) in [6, 6.07) is 9.33. The van der Waals surface area contributed by atoms with Gasteiger partial charge in [0, 0.05) is 16.9 Å². The number of hydrogen-bond donors (Lipinski definition) is 2. The molecule has 2 N–H and O–H groups in total. The lowest BCUT2D eigenvalue weighted by Crippen LogP contribution is -2.40. The molecule has 0 aliphatic carbocycles. The normalized spacial score (nSPS) is 12.9. The van der Waals surface area contributed by atoms with Crippen LogP contribution in [0.5, 0.6) is 0 Å². The topological polar surface area (TPSA) is 76.0 Å². The molecule has 1 unspecified atom stereocenters. The number of aliphatic hydroxyl groups is 1. The molecule has 0 radical (unpaired) electrons. The maximum Gasteiger partial charge on any atom is 0.335 e. The van der Waals surface area contributed by atoms with E-state index in [0.717, 1.165) is 29.8 Å². The molecule has 0 aromatic heterocycles. The van der Waals surface area contributed by atoms with Gasteiger partial charge in [-0.2, -0.15) is 0 Å². The van der Waals surface area contributed by atoms with Gasteiger partial charge in [0.1, 0.15) is 6.61 Å². The van der Waals surface area contributed by atoms with E-state index in [1.54, 1.807) is 13.8 Å². The van der Waals surface area contributed by atoms with Crippen molar-refractivity contribution in [2.45, 2.75) is 33.0 Å². The number of esters is 1. The smallest absolute Gasteiger partial charge is 0.335 e. The van der Waals surface area contributed by atoms with E-state index < -0.39 is 17.5 Å². The summed E-state index contributed by atoms with van der Waals surface area (Å²) >= 11 is 2.08. The molecule has 0 amide bonds. The Hall–Kier alpha value is -0.730. The van der Waals surface area contributed by atoms with Crippen LogP contribution in [-0.2, 0) is 20.3 Å². The number of aliphatic hydroxyl groups excluding tert-OH is 1. The maximum atomic E-state index is 12.0. The van der Waals surface area contributed by atoms with Crippen LogP contribution in [0.3, 0.4) is 0 Å². The van der Waals surface area contributed by atoms with Gasteiger partial charge in [0.25, 0.3) is 0 Å². The van der Waals surface area contributed by atoms with E-state index in [1.165, 1.54) is 12.0 Å². The van der Waals surface area contributed by atoms with Gasteiger partial charge in [0.05, 0.1) is 6.61 Å². The molecule has 0 fully saturated rings. The first-order valence-electron chi connectivity index (χ1n) is 7.37. The first-order valence-corrected chi connectivity index (χ1v) is 9.22. The first kappa shape index (κ1) is 20.3. The zero-order valence-corrected chi connectivity index (χ0v) is 15.1. The monoisotopic (exact) mass is 360 g/mol. The Morgan fingerprint density at radius 3 is 2.61 bits per heavy atom. The highest BCUT2D eigenvalue weighted by Gasteiger charge is 2.35. The zero-order valence-electron chi connectivity index (χ0n) is 13.4. The minimum atomic E-state index is -1.25. The molecule has 5 nitrogen and oxygen atoms in total. The Bertz CT molecular complexity index is 453. The third kappa shape index (κ3) is 8.08. The van der Waals surface area contributed by atoms with Crippen molar-refractivity contribution < 1.29 is 23.4 Å². The standard InChI is InChI=1S/C16H24O5S2/c1-16(2,12-21-23-10-6-9-22-19)14(17)15(18)20-11-13-7-4-3-5-8-13/h3-5,7-8,14,17,19H,6,9-12H2,1-2H3. The second-order valence-electron chi connectivity index (χ2n) is 5.76. The summed E-state index contributed by atoms with van der Waals surface area (Å²) in [6.45, 7) is 3.88. The second kappa shape index (κ2) is 10.9. The van der Waals surface area contributed by atoms with E-state index in [2.05, 4.69) is 0 Å². The van der Waals surface area contributed by atoms with Crippen LogP contribution in [0.1, 0.15) is 25.8 Å². The van der Waals surface area contributed by atoms with Crippen molar-refractivity contribution in [3.05, 3.63) is 35.9 Å². The van der Waals surface area contributed by atoms with Crippen molar-refractivity contribution in [1.29, 1.82) is 0 Å². The Kier molecular flexibility index (Phi) is 9.66. The number of hydrogen-bond acceptors (Lipinski definition) is 7. The van der Waals surface area contributed by atoms with Crippen molar-refractivity contribution >= 4 is 30.1 Å². The lowest BCUT2D eigenvalue weighted by Gasteiger charge is -2.28. The second-order valence-corrected chi connectivity index (χ2v) is 7.30. The van der Waals surface area contributed by atoms with Crippen molar-refractivity contribution in [1.82, 2.24) is 0 Å². The number of ether oxygens (including phenoxy) is 1. The van der Waals surface area contributed by atoms with Gasteiger partial charge in [-0.3, -0.25) is 0 Å². The van der Waals surface area contributed by atoms with Gasteiger partial charge in [0.2, 0.25) is 0 Å². The Morgan fingerprint density at radius 2 is 1.96 bits per heavy atom. The molecule has 0 heterocycles. The highest BCUT2D eigenvalue weighted by Crippen LogP contribution is 2.25. The van der Waals surface area contributed by atoms with Gasteiger partial charge in [-0.05, 0) is 36.1 Å². The van der Waals surface area contributed by atoms with E-state index in [9.17, 15) is 9.90 Å². The Labute approximate surface area is 146 Å². The van der Waals surface area contributed by atoms with E-state index in [4.69, 9.17) is 13.5 Å². The third-order valence-corrected chi connectivity index (χ3v) is 4.38. The van der Waals surface area contributed by atoms with Crippen LogP contribution >= 0.6 is 24.1 Å². The SMILES string of the molecule is CC(C)(COSCCCSO)C(O)C(=O)OCc1ccccc1.